The van der Waals surface area contributed by atoms with Crippen molar-refractivity contribution >= 4 is 0 Å². The van der Waals surface area contributed by atoms with E-state index < -0.39 is 11.9 Å². The van der Waals surface area contributed by atoms with Crippen molar-refractivity contribution < 1.29 is 17.9 Å². The van der Waals surface area contributed by atoms with E-state index in [1.165, 1.54) is 0 Å². The van der Waals surface area contributed by atoms with Crippen LogP contribution < -0.4 is 4.74 Å². The first kappa shape index (κ1) is 13.9. The lowest BCUT2D eigenvalue weighted by Gasteiger charge is -2.10. The third kappa shape index (κ3) is 3.26. The van der Waals surface area contributed by atoms with Crippen molar-refractivity contribution in [3.63, 3.8) is 0 Å². The quantitative estimate of drug-likeness (QED) is 0.862. The summed E-state index contributed by atoms with van der Waals surface area (Å²) < 4.78 is 42.9. The first-order valence-corrected chi connectivity index (χ1v) is 5.66. The molecule has 0 aliphatic heterocycles. The van der Waals surface area contributed by atoms with Crippen molar-refractivity contribution in [1.82, 2.24) is 4.98 Å². The first-order chi connectivity index (χ1) is 9.50. The predicted octanol–water partition coefficient (Wildman–Crippen LogP) is 3.55. The van der Waals surface area contributed by atoms with Crippen LogP contribution in [0, 0.1) is 11.3 Å². The summed E-state index contributed by atoms with van der Waals surface area (Å²) in [6.45, 7) is 0.0455. The summed E-state index contributed by atoms with van der Waals surface area (Å²) in [5.74, 6) is -0.314. The molecule has 0 atom stereocenters. The van der Waals surface area contributed by atoms with Crippen LogP contribution in [0.25, 0.3) is 0 Å². The minimum Gasteiger partial charge on any atom is -0.472 e. The summed E-state index contributed by atoms with van der Waals surface area (Å²) in [5.41, 5.74) is -0.343. The molecule has 0 aliphatic rings. The van der Waals surface area contributed by atoms with E-state index in [0.29, 0.717) is 0 Å². The number of nitrogens with zero attached hydrogens (tertiary/aromatic N) is 2. The summed E-state index contributed by atoms with van der Waals surface area (Å²) >= 11 is 0. The van der Waals surface area contributed by atoms with Crippen molar-refractivity contribution in [2.45, 2.75) is 12.8 Å². The van der Waals surface area contributed by atoms with Gasteiger partial charge in [0.25, 0.3) is 0 Å². The Kier molecular flexibility index (Phi) is 3.89. The van der Waals surface area contributed by atoms with Gasteiger partial charge in [0.2, 0.25) is 5.88 Å². The molecule has 0 radical (unpaired) electrons. The van der Waals surface area contributed by atoms with Gasteiger partial charge in [-0.25, -0.2) is 4.98 Å². The number of aromatic nitrogens is 1. The molecule has 2 aromatic rings. The van der Waals surface area contributed by atoms with E-state index in [-0.39, 0.29) is 18.1 Å². The molecule has 102 valence electrons. The molecule has 0 unspecified atom stereocenters. The fraction of sp³-hybridized carbons (Fsp3) is 0.143. The van der Waals surface area contributed by atoms with Crippen molar-refractivity contribution in [2.24, 2.45) is 0 Å². The van der Waals surface area contributed by atoms with Gasteiger partial charge in [-0.15, -0.1) is 0 Å². The van der Waals surface area contributed by atoms with Crippen LogP contribution in [-0.4, -0.2) is 4.98 Å². The monoisotopic (exact) mass is 278 g/mol. The molecule has 1 heterocycles. The van der Waals surface area contributed by atoms with E-state index in [4.69, 9.17) is 10.00 Å². The van der Waals surface area contributed by atoms with Gasteiger partial charge < -0.3 is 4.74 Å². The summed E-state index contributed by atoms with van der Waals surface area (Å²) in [7, 11) is 0. The molecule has 20 heavy (non-hydrogen) atoms. The highest BCUT2D eigenvalue weighted by molar-refractivity contribution is 5.39. The zero-order valence-electron chi connectivity index (χ0n) is 10.2. The van der Waals surface area contributed by atoms with Gasteiger partial charge in [0.05, 0.1) is 0 Å². The van der Waals surface area contributed by atoms with E-state index in [1.54, 1.807) is 30.3 Å². The van der Waals surface area contributed by atoms with Gasteiger partial charge in [-0.1, -0.05) is 30.3 Å². The van der Waals surface area contributed by atoms with Crippen LogP contribution in [0.2, 0.25) is 0 Å². The highest BCUT2D eigenvalue weighted by Crippen LogP contribution is 2.30. The Balaban J connectivity index is 2.24. The largest absolute Gasteiger partial charge is 0.472 e. The molecular weight excluding hydrogens is 269 g/mol. The number of alkyl halides is 3. The maximum absolute atomic E-state index is 12.6. The maximum atomic E-state index is 12.6. The van der Waals surface area contributed by atoms with Gasteiger partial charge in [-0.2, -0.15) is 18.4 Å². The molecule has 0 aliphatic carbocycles. The normalized spacial score (nSPS) is 10.9. The van der Waals surface area contributed by atoms with Crippen LogP contribution in [0.1, 0.15) is 16.8 Å². The van der Waals surface area contributed by atoms with Gasteiger partial charge >= 0.3 is 6.18 Å². The highest BCUT2D eigenvalue weighted by atomic mass is 19.4. The molecule has 0 amide bonds. The summed E-state index contributed by atoms with van der Waals surface area (Å²) in [5, 5.41) is 8.86. The number of nitriles is 1. The second-order valence-electron chi connectivity index (χ2n) is 3.93. The molecular formula is C14H9F3N2O. The molecule has 3 nitrogen and oxygen atoms in total. The van der Waals surface area contributed by atoms with E-state index in [0.717, 1.165) is 17.7 Å². The van der Waals surface area contributed by atoms with E-state index in [1.807, 2.05) is 6.07 Å². The third-order valence-electron chi connectivity index (χ3n) is 2.49. The van der Waals surface area contributed by atoms with Crippen LogP contribution in [0.3, 0.4) is 0 Å². The van der Waals surface area contributed by atoms with Crippen molar-refractivity contribution in [2.75, 3.05) is 0 Å². The van der Waals surface area contributed by atoms with Crippen LogP contribution in [-0.2, 0) is 12.8 Å². The lowest BCUT2D eigenvalue weighted by Crippen LogP contribution is -2.10. The molecule has 2 rings (SSSR count). The minimum atomic E-state index is -4.57. The third-order valence-corrected chi connectivity index (χ3v) is 2.49. The summed E-state index contributed by atoms with van der Waals surface area (Å²) in [4.78, 5) is 3.36. The van der Waals surface area contributed by atoms with Crippen LogP contribution >= 0.6 is 0 Å². The Bertz CT molecular complexity index is 633. The van der Waals surface area contributed by atoms with E-state index >= 15 is 0 Å². The summed E-state index contributed by atoms with van der Waals surface area (Å²) in [6, 6.07) is 12.5. The molecule has 1 aromatic carbocycles. The number of rotatable bonds is 3. The molecule has 0 saturated carbocycles. The van der Waals surface area contributed by atoms with Crippen LogP contribution in [0.5, 0.6) is 5.88 Å². The predicted molar refractivity (Wildman–Crippen MR) is 64.7 cm³/mol. The van der Waals surface area contributed by atoms with E-state index in [2.05, 4.69) is 4.98 Å². The van der Waals surface area contributed by atoms with Gasteiger partial charge in [0.15, 0.2) is 0 Å². The lowest BCUT2D eigenvalue weighted by atomic mass is 10.2. The van der Waals surface area contributed by atoms with Gasteiger partial charge in [-0.3, -0.25) is 0 Å². The Morgan fingerprint density at radius 1 is 1.10 bits per heavy atom. The van der Waals surface area contributed by atoms with Crippen molar-refractivity contribution in [3.8, 4) is 11.9 Å². The standard InChI is InChI=1S/C14H9F3N2O/c15-14(16,17)12-7-6-11(8-18)13(19-12)20-9-10-4-2-1-3-5-10/h1-7H,9H2. The van der Waals surface area contributed by atoms with Gasteiger partial charge in [0, 0.05) is 0 Å². The second kappa shape index (κ2) is 5.61. The van der Waals surface area contributed by atoms with Crippen LogP contribution in [0.4, 0.5) is 13.2 Å². The molecule has 0 N–H and O–H groups in total. The molecule has 1 aromatic heterocycles. The Morgan fingerprint density at radius 3 is 2.40 bits per heavy atom. The number of benzene rings is 1. The number of ether oxygens (including phenoxy) is 1. The fourth-order valence-electron chi connectivity index (χ4n) is 1.52. The Labute approximate surface area is 113 Å². The van der Waals surface area contributed by atoms with Crippen molar-refractivity contribution in [1.29, 1.82) is 5.26 Å². The first-order valence-electron chi connectivity index (χ1n) is 5.66. The number of hydrogen-bond donors (Lipinski definition) is 0. The van der Waals surface area contributed by atoms with E-state index in [9.17, 15) is 13.2 Å². The lowest BCUT2D eigenvalue weighted by molar-refractivity contribution is -0.141. The van der Waals surface area contributed by atoms with Crippen LogP contribution in [0.15, 0.2) is 42.5 Å². The average molecular weight is 278 g/mol. The molecule has 0 bridgehead atoms. The number of halogens is 3. The molecule has 0 fully saturated rings. The maximum Gasteiger partial charge on any atom is 0.433 e. The smallest absolute Gasteiger partial charge is 0.433 e. The zero-order valence-corrected chi connectivity index (χ0v) is 10.2. The summed E-state index contributed by atoms with van der Waals surface area (Å²) in [6.07, 6.45) is -4.57. The fourth-order valence-corrected chi connectivity index (χ4v) is 1.52. The zero-order chi connectivity index (χ0) is 14.6. The number of pyridine rings is 1. The Morgan fingerprint density at radius 2 is 1.80 bits per heavy atom. The topological polar surface area (TPSA) is 45.9 Å². The Hall–Kier alpha value is -2.55. The molecule has 6 heteroatoms. The highest BCUT2D eigenvalue weighted by Gasteiger charge is 2.33. The molecule has 0 saturated heterocycles. The minimum absolute atomic E-state index is 0.0334. The van der Waals surface area contributed by atoms with Gasteiger partial charge in [-0.05, 0) is 17.7 Å². The second-order valence-corrected chi connectivity index (χ2v) is 3.93. The van der Waals surface area contributed by atoms with Gasteiger partial charge in [0.1, 0.15) is 23.9 Å². The SMILES string of the molecule is N#Cc1ccc(C(F)(F)F)nc1OCc1ccccc1. The van der Waals surface area contributed by atoms with Crippen molar-refractivity contribution in [3.05, 3.63) is 59.3 Å². The molecule has 0 spiro atoms. The average Bonchev–Trinajstić information content (AvgIpc) is 2.45. The number of hydrogen-bond acceptors (Lipinski definition) is 3.